The van der Waals surface area contributed by atoms with E-state index in [0.29, 0.717) is 17.3 Å². The summed E-state index contributed by atoms with van der Waals surface area (Å²) in [7, 11) is 1.63. The maximum Gasteiger partial charge on any atom is 0.168 e. The van der Waals surface area contributed by atoms with Gasteiger partial charge in [0.15, 0.2) is 5.65 Å². The molecule has 0 saturated heterocycles. The van der Waals surface area contributed by atoms with Gasteiger partial charge in [-0.2, -0.15) is 5.10 Å². The number of benzene rings is 1. The minimum Gasteiger partial charge on any atom is -0.497 e. The van der Waals surface area contributed by atoms with E-state index in [9.17, 15) is 0 Å². The number of hydrogen-bond donors (Lipinski definition) is 1. The van der Waals surface area contributed by atoms with Gasteiger partial charge in [-0.1, -0.05) is 0 Å². The van der Waals surface area contributed by atoms with Gasteiger partial charge in [-0.15, -0.1) is 0 Å². The van der Waals surface area contributed by atoms with Crippen molar-refractivity contribution < 1.29 is 4.74 Å². The van der Waals surface area contributed by atoms with Gasteiger partial charge in [0, 0.05) is 0 Å². The second-order valence-electron chi connectivity index (χ2n) is 4.15. The smallest absolute Gasteiger partial charge is 0.168 e. The zero-order valence-corrected chi connectivity index (χ0v) is 10.7. The third-order valence-electron chi connectivity index (χ3n) is 2.89. The Morgan fingerprint density at radius 2 is 1.89 bits per heavy atom. The van der Waals surface area contributed by atoms with E-state index in [4.69, 9.17) is 10.5 Å². The van der Waals surface area contributed by atoms with Crippen LogP contribution in [-0.4, -0.2) is 26.9 Å². The molecule has 96 valence electrons. The molecule has 0 fully saturated rings. The highest BCUT2D eigenvalue weighted by Gasteiger charge is 2.10. The average molecular weight is 255 g/mol. The van der Waals surface area contributed by atoms with Crippen molar-refractivity contribution >= 4 is 16.9 Å². The number of rotatable bonds is 2. The van der Waals surface area contributed by atoms with Gasteiger partial charge in [0.2, 0.25) is 0 Å². The molecule has 0 saturated carbocycles. The summed E-state index contributed by atoms with van der Waals surface area (Å²) in [5, 5.41) is 5.07. The quantitative estimate of drug-likeness (QED) is 0.754. The van der Waals surface area contributed by atoms with Gasteiger partial charge >= 0.3 is 0 Å². The van der Waals surface area contributed by atoms with Gasteiger partial charge in [-0.05, 0) is 31.2 Å². The molecule has 6 nitrogen and oxygen atoms in total. The number of hydrogen-bond acceptors (Lipinski definition) is 5. The number of fused-ring (bicyclic) bond motifs is 1. The van der Waals surface area contributed by atoms with Gasteiger partial charge in [0.1, 0.15) is 17.4 Å². The van der Waals surface area contributed by atoms with Crippen molar-refractivity contribution in [3.05, 3.63) is 36.3 Å². The van der Waals surface area contributed by atoms with Gasteiger partial charge in [0.05, 0.1) is 24.4 Å². The fraction of sp³-hybridized carbons (Fsp3) is 0.154. The van der Waals surface area contributed by atoms with Crippen LogP contribution in [0.1, 0.15) is 5.82 Å². The lowest BCUT2D eigenvalue weighted by Gasteiger charge is -2.05. The standard InChI is InChI=1S/C13H13N5O/c1-8-16-12(14)11-7-15-18(13(11)17-8)9-3-5-10(19-2)6-4-9/h3-7H,1-2H3,(H2,14,16,17). The summed E-state index contributed by atoms with van der Waals surface area (Å²) >= 11 is 0. The summed E-state index contributed by atoms with van der Waals surface area (Å²) in [4.78, 5) is 8.52. The van der Waals surface area contributed by atoms with E-state index in [2.05, 4.69) is 15.1 Å². The number of ether oxygens (including phenoxy) is 1. The first-order chi connectivity index (χ1) is 9.19. The largest absolute Gasteiger partial charge is 0.497 e. The lowest BCUT2D eigenvalue weighted by Crippen LogP contribution is -2.01. The molecule has 3 rings (SSSR count). The van der Waals surface area contributed by atoms with Gasteiger partial charge in [-0.25, -0.2) is 14.6 Å². The van der Waals surface area contributed by atoms with Crippen LogP contribution >= 0.6 is 0 Å². The van der Waals surface area contributed by atoms with E-state index in [1.54, 1.807) is 24.9 Å². The molecule has 0 radical (unpaired) electrons. The van der Waals surface area contributed by atoms with Crippen LogP contribution in [0.3, 0.4) is 0 Å². The lowest BCUT2D eigenvalue weighted by molar-refractivity contribution is 0.414. The minimum absolute atomic E-state index is 0.447. The first kappa shape index (κ1) is 11.5. The highest BCUT2D eigenvalue weighted by atomic mass is 16.5. The first-order valence-electron chi connectivity index (χ1n) is 5.81. The highest BCUT2D eigenvalue weighted by molar-refractivity contribution is 5.86. The number of nitrogen functional groups attached to an aromatic ring is 1. The minimum atomic E-state index is 0.447. The summed E-state index contributed by atoms with van der Waals surface area (Å²) in [6.45, 7) is 1.81. The predicted molar refractivity (Wildman–Crippen MR) is 72.4 cm³/mol. The normalized spacial score (nSPS) is 10.8. The zero-order valence-electron chi connectivity index (χ0n) is 10.7. The predicted octanol–water partition coefficient (Wildman–Crippen LogP) is 1.71. The number of methoxy groups -OCH3 is 1. The number of nitrogens with zero attached hydrogens (tertiary/aromatic N) is 4. The molecular formula is C13H13N5O. The van der Waals surface area contributed by atoms with E-state index in [1.165, 1.54) is 0 Å². The Kier molecular flexibility index (Phi) is 2.56. The van der Waals surface area contributed by atoms with Crippen molar-refractivity contribution in [2.24, 2.45) is 0 Å². The van der Waals surface area contributed by atoms with Crippen LogP contribution in [-0.2, 0) is 0 Å². The van der Waals surface area contributed by atoms with Crippen molar-refractivity contribution in [1.29, 1.82) is 0 Å². The van der Waals surface area contributed by atoms with E-state index < -0.39 is 0 Å². The molecule has 0 aliphatic heterocycles. The summed E-state index contributed by atoms with van der Waals surface area (Å²) in [6, 6.07) is 7.58. The number of nitrogens with two attached hydrogens (primary N) is 1. The summed E-state index contributed by atoms with van der Waals surface area (Å²) in [6.07, 6.45) is 1.67. The molecule has 0 spiro atoms. The monoisotopic (exact) mass is 255 g/mol. The van der Waals surface area contributed by atoms with Gasteiger partial charge < -0.3 is 10.5 Å². The van der Waals surface area contributed by atoms with E-state index in [1.807, 2.05) is 24.3 Å². The molecule has 2 heterocycles. The third kappa shape index (κ3) is 1.87. The summed E-state index contributed by atoms with van der Waals surface area (Å²) < 4.78 is 6.87. The molecule has 0 aliphatic rings. The van der Waals surface area contributed by atoms with Crippen LogP contribution in [0.5, 0.6) is 5.75 Å². The van der Waals surface area contributed by atoms with Gasteiger partial charge in [0.25, 0.3) is 0 Å². The molecule has 0 atom stereocenters. The second-order valence-corrected chi connectivity index (χ2v) is 4.15. The molecule has 2 aromatic heterocycles. The SMILES string of the molecule is COc1ccc(-n2ncc3c(N)nc(C)nc32)cc1. The van der Waals surface area contributed by atoms with Crippen LogP contribution in [0.2, 0.25) is 0 Å². The Bertz CT molecular complexity index is 733. The number of anilines is 1. The second kappa shape index (κ2) is 4.24. The van der Waals surface area contributed by atoms with Crippen LogP contribution < -0.4 is 10.5 Å². The Balaban J connectivity index is 2.19. The topological polar surface area (TPSA) is 78.9 Å². The Morgan fingerprint density at radius 1 is 1.16 bits per heavy atom. The van der Waals surface area contributed by atoms with Crippen molar-refractivity contribution in [2.75, 3.05) is 12.8 Å². The Labute approximate surface area is 109 Å². The molecule has 19 heavy (non-hydrogen) atoms. The molecule has 2 N–H and O–H groups in total. The molecule has 6 heteroatoms. The van der Waals surface area contributed by atoms with Gasteiger partial charge in [-0.3, -0.25) is 0 Å². The fourth-order valence-corrected chi connectivity index (χ4v) is 1.96. The highest BCUT2D eigenvalue weighted by Crippen LogP contribution is 2.21. The number of aryl methyl sites for hydroxylation is 1. The van der Waals surface area contributed by atoms with Crippen molar-refractivity contribution in [2.45, 2.75) is 6.92 Å². The van der Waals surface area contributed by atoms with Crippen LogP contribution in [0, 0.1) is 6.92 Å². The van der Waals surface area contributed by atoms with Crippen molar-refractivity contribution in [3.63, 3.8) is 0 Å². The molecule has 0 aliphatic carbocycles. The zero-order chi connectivity index (χ0) is 13.4. The van der Waals surface area contributed by atoms with E-state index >= 15 is 0 Å². The lowest BCUT2D eigenvalue weighted by atomic mass is 10.3. The van der Waals surface area contributed by atoms with E-state index in [-0.39, 0.29) is 0 Å². The third-order valence-corrected chi connectivity index (χ3v) is 2.89. The average Bonchev–Trinajstić information content (AvgIpc) is 2.83. The van der Waals surface area contributed by atoms with E-state index in [0.717, 1.165) is 16.8 Å². The van der Waals surface area contributed by atoms with Crippen molar-refractivity contribution in [1.82, 2.24) is 19.7 Å². The molecule has 0 amide bonds. The molecule has 3 aromatic rings. The summed E-state index contributed by atoms with van der Waals surface area (Å²) in [5.41, 5.74) is 7.47. The van der Waals surface area contributed by atoms with Crippen LogP contribution in [0.25, 0.3) is 16.7 Å². The number of aromatic nitrogens is 4. The summed E-state index contributed by atoms with van der Waals surface area (Å²) in [5.74, 6) is 1.87. The maximum absolute atomic E-state index is 5.87. The van der Waals surface area contributed by atoms with Crippen molar-refractivity contribution in [3.8, 4) is 11.4 Å². The molecule has 0 bridgehead atoms. The molecular weight excluding hydrogens is 242 g/mol. The first-order valence-corrected chi connectivity index (χ1v) is 5.81. The fourth-order valence-electron chi connectivity index (χ4n) is 1.96. The Hall–Kier alpha value is -2.63. The maximum atomic E-state index is 5.87. The Morgan fingerprint density at radius 3 is 2.58 bits per heavy atom. The molecule has 0 unspecified atom stereocenters. The molecule has 1 aromatic carbocycles. The van der Waals surface area contributed by atoms with Crippen LogP contribution in [0.15, 0.2) is 30.5 Å². The van der Waals surface area contributed by atoms with Crippen LogP contribution in [0.4, 0.5) is 5.82 Å².